The number of hydrogen-bond acceptors (Lipinski definition) is 4. The molecule has 0 amide bonds. The first-order valence-electron chi connectivity index (χ1n) is 7.35. The van der Waals surface area contributed by atoms with E-state index < -0.39 is 0 Å². The Hall–Kier alpha value is -0.450. The Bertz CT molecular complexity index is 398. The molecule has 108 valence electrons. The van der Waals surface area contributed by atoms with Gasteiger partial charge in [0, 0.05) is 35.1 Å². The van der Waals surface area contributed by atoms with E-state index in [9.17, 15) is 0 Å². The van der Waals surface area contributed by atoms with Gasteiger partial charge in [-0.3, -0.25) is 0 Å². The molecule has 0 radical (unpaired) electrons. The van der Waals surface area contributed by atoms with Crippen molar-refractivity contribution in [1.82, 2.24) is 15.4 Å². The minimum atomic E-state index is 0.161. The van der Waals surface area contributed by atoms with Crippen LogP contribution in [0.1, 0.15) is 63.8 Å². The lowest BCUT2D eigenvalue weighted by molar-refractivity contribution is 0.0439. The number of nitrogens with one attached hydrogen (secondary N) is 1. The van der Waals surface area contributed by atoms with Crippen LogP contribution in [0.5, 0.6) is 0 Å². The summed E-state index contributed by atoms with van der Waals surface area (Å²) in [7, 11) is 0. The fourth-order valence-electron chi connectivity index (χ4n) is 2.64. The average molecular weight is 281 g/mol. The van der Waals surface area contributed by atoms with Gasteiger partial charge < -0.3 is 0 Å². The lowest BCUT2D eigenvalue weighted by Crippen LogP contribution is -2.51. The van der Waals surface area contributed by atoms with Gasteiger partial charge in [-0.15, -0.1) is 11.3 Å². The SMILES string of the molecule is CC1CCCC(C)N1NCc1cnc(C(C)(C)C)s1. The van der Waals surface area contributed by atoms with Crippen LogP contribution in [-0.2, 0) is 12.0 Å². The standard InChI is InChI=1S/C15H27N3S/c1-11-7-6-8-12(2)18(11)17-10-13-9-16-14(19-13)15(3,4)5/h9,11-12,17H,6-8,10H2,1-5H3. The molecule has 1 aromatic rings. The van der Waals surface area contributed by atoms with E-state index in [1.54, 1.807) is 0 Å². The molecule has 1 saturated heterocycles. The molecule has 1 aliphatic rings. The molecule has 0 spiro atoms. The van der Waals surface area contributed by atoms with Crippen LogP contribution in [0.2, 0.25) is 0 Å². The number of hydrazine groups is 1. The summed E-state index contributed by atoms with van der Waals surface area (Å²) in [6.45, 7) is 12.2. The lowest BCUT2D eigenvalue weighted by Gasteiger charge is -2.39. The molecule has 1 aromatic heterocycles. The molecule has 1 N–H and O–H groups in total. The summed E-state index contributed by atoms with van der Waals surface area (Å²) in [4.78, 5) is 5.88. The zero-order chi connectivity index (χ0) is 14.0. The molecule has 3 nitrogen and oxygen atoms in total. The Labute approximate surface area is 121 Å². The van der Waals surface area contributed by atoms with Crippen LogP contribution < -0.4 is 5.43 Å². The monoisotopic (exact) mass is 281 g/mol. The first-order valence-corrected chi connectivity index (χ1v) is 8.16. The minimum Gasteiger partial charge on any atom is -0.249 e. The number of nitrogens with zero attached hydrogens (tertiary/aromatic N) is 2. The molecule has 2 rings (SSSR count). The maximum Gasteiger partial charge on any atom is 0.0981 e. The van der Waals surface area contributed by atoms with E-state index >= 15 is 0 Å². The number of thiazole rings is 1. The maximum absolute atomic E-state index is 4.55. The predicted molar refractivity (Wildman–Crippen MR) is 82.3 cm³/mol. The highest BCUT2D eigenvalue weighted by atomic mass is 32.1. The van der Waals surface area contributed by atoms with Crippen LogP contribution in [0.15, 0.2) is 6.20 Å². The van der Waals surface area contributed by atoms with Gasteiger partial charge in [-0.1, -0.05) is 27.2 Å². The Morgan fingerprint density at radius 3 is 2.47 bits per heavy atom. The number of aromatic nitrogens is 1. The van der Waals surface area contributed by atoms with Gasteiger partial charge in [0.05, 0.1) is 5.01 Å². The van der Waals surface area contributed by atoms with Crippen molar-refractivity contribution in [3.8, 4) is 0 Å². The molecular formula is C15H27N3S. The van der Waals surface area contributed by atoms with Gasteiger partial charge in [0.2, 0.25) is 0 Å². The van der Waals surface area contributed by atoms with E-state index in [0.717, 1.165) is 6.54 Å². The van der Waals surface area contributed by atoms with E-state index in [1.165, 1.54) is 29.1 Å². The molecule has 0 aliphatic carbocycles. The first kappa shape index (κ1) is 14.9. The van der Waals surface area contributed by atoms with Gasteiger partial charge in [-0.2, -0.15) is 0 Å². The number of hydrogen-bond donors (Lipinski definition) is 1. The smallest absolute Gasteiger partial charge is 0.0981 e. The van der Waals surface area contributed by atoms with E-state index in [4.69, 9.17) is 0 Å². The Morgan fingerprint density at radius 1 is 1.32 bits per heavy atom. The van der Waals surface area contributed by atoms with Crippen LogP contribution in [0.4, 0.5) is 0 Å². The normalized spacial score (nSPS) is 25.7. The van der Waals surface area contributed by atoms with Crippen LogP contribution in [0.25, 0.3) is 0 Å². The van der Waals surface area contributed by atoms with Crippen molar-refractivity contribution < 1.29 is 0 Å². The van der Waals surface area contributed by atoms with Gasteiger partial charge >= 0.3 is 0 Å². The van der Waals surface area contributed by atoms with Gasteiger partial charge in [-0.05, 0) is 26.7 Å². The zero-order valence-electron chi connectivity index (χ0n) is 12.9. The van der Waals surface area contributed by atoms with Crippen LogP contribution in [-0.4, -0.2) is 22.1 Å². The second-order valence-corrected chi connectivity index (χ2v) is 7.87. The van der Waals surface area contributed by atoms with Crippen LogP contribution >= 0.6 is 11.3 Å². The summed E-state index contributed by atoms with van der Waals surface area (Å²) in [5.74, 6) is 0. The highest BCUT2D eigenvalue weighted by Crippen LogP contribution is 2.27. The summed E-state index contributed by atoms with van der Waals surface area (Å²) >= 11 is 1.83. The van der Waals surface area contributed by atoms with Crippen molar-refractivity contribution in [3.63, 3.8) is 0 Å². The third kappa shape index (κ3) is 3.77. The molecule has 0 aromatic carbocycles. The van der Waals surface area contributed by atoms with E-state index in [2.05, 4.69) is 50.0 Å². The fraction of sp³-hybridized carbons (Fsp3) is 0.800. The summed E-state index contributed by atoms with van der Waals surface area (Å²) in [6.07, 6.45) is 5.98. The predicted octanol–water partition coefficient (Wildman–Crippen LogP) is 3.71. The van der Waals surface area contributed by atoms with Crippen molar-refractivity contribution in [2.24, 2.45) is 0 Å². The molecular weight excluding hydrogens is 254 g/mol. The van der Waals surface area contributed by atoms with Gasteiger partial charge in [0.1, 0.15) is 0 Å². The fourth-order valence-corrected chi connectivity index (χ4v) is 3.54. The summed E-state index contributed by atoms with van der Waals surface area (Å²) < 4.78 is 0. The van der Waals surface area contributed by atoms with Crippen molar-refractivity contribution in [2.75, 3.05) is 0 Å². The average Bonchev–Trinajstić information content (AvgIpc) is 2.77. The molecule has 1 fully saturated rings. The topological polar surface area (TPSA) is 28.2 Å². The van der Waals surface area contributed by atoms with Crippen molar-refractivity contribution in [3.05, 3.63) is 16.1 Å². The highest BCUT2D eigenvalue weighted by Gasteiger charge is 2.24. The van der Waals surface area contributed by atoms with E-state index in [-0.39, 0.29) is 5.41 Å². The minimum absolute atomic E-state index is 0.161. The van der Waals surface area contributed by atoms with Gasteiger partial charge in [0.25, 0.3) is 0 Å². The molecule has 2 heterocycles. The Kier molecular flexibility index (Phi) is 4.64. The van der Waals surface area contributed by atoms with Crippen molar-refractivity contribution in [1.29, 1.82) is 0 Å². The third-order valence-corrected chi connectivity index (χ3v) is 5.25. The van der Waals surface area contributed by atoms with Crippen molar-refractivity contribution in [2.45, 2.75) is 77.9 Å². The van der Waals surface area contributed by atoms with Crippen molar-refractivity contribution >= 4 is 11.3 Å². The highest BCUT2D eigenvalue weighted by molar-refractivity contribution is 7.11. The molecule has 19 heavy (non-hydrogen) atoms. The zero-order valence-corrected chi connectivity index (χ0v) is 13.7. The molecule has 2 unspecified atom stereocenters. The lowest BCUT2D eigenvalue weighted by atomic mass is 9.98. The Balaban J connectivity index is 1.93. The van der Waals surface area contributed by atoms with Gasteiger partial charge in [0.15, 0.2) is 0 Å². The molecule has 0 saturated carbocycles. The Morgan fingerprint density at radius 2 is 1.95 bits per heavy atom. The van der Waals surface area contributed by atoms with E-state index in [1.807, 2.05) is 17.5 Å². The summed E-state index contributed by atoms with van der Waals surface area (Å²) in [5.41, 5.74) is 3.77. The third-order valence-electron chi connectivity index (χ3n) is 3.82. The summed E-state index contributed by atoms with van der Waals surface area (Å²) in [5, 5.41) is 3.66. The maximum atomic E-state index is 4.55. The second kappa shape index (κ2) is 5.90. The van der Waals surface area contributed by atoms with Gasteiger partial charge in [-0.25, -0.2) is 15.4 Å². The summed E-state index contributed by atoms with van der Waals surface area (Å²) in [6, 6.07) is 1.28. The molecule has 4 heteroatoms. The quantitative estimate of drug-likeness (QED) is 0.915. The largest absolute Gasteiger partial charge is 0.249 e. The van der Waals surface area contributed by atoms with Crippen LogP contribution in [0.3, 0.4) is 0 Å². The number of rotatable bonds is 3. The number of piperidine rings is 1. The first-order chi connectivity index (χ1) is 8.88. The van der Waals surface area contributed by atoms with E-state index in [0.29, 0.717) is 12.1 Å². The molecule has 0 bridgehead atoms. The van der Waals surface area contributed by atoms with Crippen LogP contribution in [0, 0.1) is 0 Å². The molecule has 1 aliphatic heterocycles. The molecule has 2 atom stereocenters. The second-order valence-electron chi connectivity index (χ2n) is 6.75.